The van der Waals surface area contributed by atoms with Crippen LogP contribution in [0.3, 0.4) is 0 Å². The van der Waals surface area contributed by atoms with Gasteiger partial charge in [-0.05, 0) is 166 Å². The predicted molar refractivity (Wildman–Crippen MR) is 432 cm³/mol. The van der Waals surface area contributed by atoms with E-state index in [4.69, 9.17) is 19.9 Å². The van der Waals surface area contributed by atoms with E-state index < -0.39 is 0 Å². The van der Waals surface area contributed by atoms with Crippen LogP contribution >= 0.6 is 0 Å². The Balaban J connectivity index is 0.791. The summed E-state index contributed by atoms with van der Waals surface area (Å²) in [5.74, 6) is 0. The van der Waals surface area contributed by atoms with E-state index in [-0.39, 0.29) is 0 Å². The van der Waals surface area contributed by atoms with Crippen molar-refractivity contribution in [3.05, 3.63) is 388 Å². The van der Waals surface area contributed by atoms with E-state index in [2.05, 4.69) is 397 Å². The number of nitrogens with zero attached hydrogens (tertiary/aromatic N) is 6. The molecule has 6 aromatic heterocycles. The number of rotatable bonds is 14. The van der Waals surface area contributed by atoms with Crippen LogP contribution in [0.4, 0.5) is 0 Å². The lowest BCUT2D eigenvalue weighted by atomic mass is 9.97. The molecule has 0 saturated carbocycles. The molecule has 0 amide bonds. The summed E-state index contributed by atoms with van der Waals surface area (Å²) >= 11 is 0. The summed E-state index contributed by atoms with van der Waals surface area (Å²) < 4.78 is 4.87. The molecule has 0 saturated heterocycles. The highest BCUT2D eigenvalue weighted by molar-refractivity contribution is 6.13. The molecule has 104 heavy (non-hydrogen) atoms. The fraction of sp³-hybridized carbons (Fsp3) is 0. The van der Waals surface area contributed by atoms with Crippen molar-refractivity contribution in [2.75, 3.05) is 0 Å². The molecule has 0 bridgehead atoms. The Bertz CT molecular complexity index is 5410. The summed E-state index contributed by atoms with van der Waals surface area (Å²) in [6.45, 7) is 0. The highest BCUT2D eigenvalue weighted by Gasteiger charge is 2.22. The summed E-state index contributed by atoms with van der Waals surface area (Å²) in [5, 5.41) is 4.55. The normalized spacial score (nSPS) is 11.5. The molecule has 13 aromatic carbocycles. The quantitative estimate of drug-likeness (QED) is 0.109. The van der Waals surface area contributed by atoms with Crippen molar-refractivity contribution < 1.29 is 0 Å². The van der Waals surface area contributed by atoms with Crippen molar-refractivity contribution >= 4 is 43.6 Å². The van der Waals surface area contributed by atoms with Gasteiger partial charge in [0, 0.05) is 77.4 Å². The number of pyridine rings is 4. The Labute approximate surface area is 603 Å². The van der Waals surface area contributed by atoms with Crippen molar-refractivity contribution in [2.45, 2.75) is 0 Å². The number of hydrogen-bond acceptors (Lipinski definition) is 4. The largest absolute Gasteiger partial charge is 0.309 e. The van der Waals surface area contributed by atoms with Gasteiger partial charge >= 0.3 is 0 Å². The van der Waals surface area contributed by atoms with E-state index in [1.807, 2.05) is 0 Å². The molecule has 0 atom stereocenters. The van der Waals surface area contributed by atoms with Gasteiger partial charge in [-0.2, -0.15) is 0 Å². The lowest BCUT2D eigenvalue weighted by molar-refractivity contribution is 1.14. The lowest BCUT2D eigenvalue weighted by Gasteiger charge is -2.13. The van der Waals surface area contributed by atoms with Crippen LogP contribution in [0.1, 0.15) is 0 Å². The molecular weight excluding hydrogens is 1260 g/mol. The van der Waals surface area contributed by atoms with E-state index in [0.29, 0.717) is 0 Å². The second-order valence-corrected chi connectivity index (χ2v) is 26.5. The Kier molecular flexibility index (Phi) is 15.5. The van der Waals surface area contributed by atoms with Gasteiger partial charge in [0.15, 0.2) is 0 Å². The summed E-state index contributed by atoms with van der Waals surface area (Å²) in [7, 11) is 0. The molecule has 19 rings (SSSR count). The maximum absolute atomic E-state index is 5.28. The van der Waals surface area contributed by atoms with E-state index in [0.717, 1.165) is 190 Å². The first-order valence-electron chi connectivity index (χ1n) is 35.3. The minimum absolute atomic E-state index is 0.921. The minimum Gasteiger partial charge on any atom is -0.309 e. The van der Waals surface area contributed by atoms with E-state index in [9.17, 15) is 0 Å². The third-order valence-electron chi connectivity index (χ3n) is 20.1. The molecule has 0 spiro atoms. The predicted octanol–water partition coefficient (Wildman–Crippen LogP) is 25.5. The first kappa shape index (κ1) is 61.2. The molecule has 6 heterocycles. The zero-order chi connectivity index (χ0) is 68.9. The Morgan fingerprint density at radius 1 is 0.135 bits per heavy atom. The van der Waals surface area contributed by atoms with Gasteiger partial charge in [-0.25, -0.2) is 19.9 Å². The van der Waals surface area contributed by atoms with Crippen LogP contribution in [0.2, 0.25) is 0 Å². The number of hydrogen-bond donors (Lipinski definition) is 0. The van der Waals surface area contributed by atoms with Gasteiger partial charge in [0.1, 0.15) is 0 Å². The fourth-order valence-electron chi connectivity index (χ4n) is 14.9. The van der Waals surface area contributed by atoms with Crippen LogP contribution in [0.25, 0.3) is 190 Å². The van der Waals surface area contributed by atoms with Crippen molar-refractivity contribution in [2.24, 2.45) is 0 Å². The standard InChI is InChI=1S/C98H64N6/c1-9-25-65(26-10-1)87-57-77(58-88(99-87)66-27-11-2-12-28-66)73-41-49-95-83(53-73)84-54-74(78-59-89(67-29-13-3-14-30-67)100-90(60-78)68-31-15-4-16-32-68)42-50-96(84)103(95)81-45-47-82(48-46-81)104-97-51-43-75(79-61-91(69-33-17-5-18-34-69)101-92(62-79)70-35-19-6-20-36-70)55-85(97)86-56-76(44-52-98(86)104)80-63-93(71-37-21-7-22-38-71)102-94(64-80)72-39-23-8-24-40-72/h1-64H. The second-order valence-electron chi connectivity index (χ2n) is 26.5. The van der Waals surface area contributed by atoms with Crippen molar-refractivity contribution in [1.29, 1.82) is 0 Å². The molecule has 0 aliphatic rings. The molecule has 6 nitrogen and oxygen atoms in total. The van der Waals surface area contributed by atoms with Gasteiger partial charge in [0.05, 0.1) is 67.6 Å². The zero-order valence-electron chi connectivity index (χ0n) is 56.6. The maximum atomic E-state index is 5.28. The lowest BCUT2D eigenvalue weighted by Crippen LogP contribution is -1.97. The third-order valence-corrected chi connectivity index (χ3v) is 20.1. The van der Waals surface area contributed by atoms with Gasteiger partial charge in [0.25, 0.3) is 0 Å². The number of fused-ring (bicyclic) bond motifs is 6. The van der Waals surface area contributed by atoms with Gasteiger partial charge in [0.2, 0.25) is 0 Å². The Morgan fingerprint density at radius 2 is 0.298 bits per heavy atom. The number of benzene rings is 13. The topological polar surface area (TPSA) is 61.4 Å². The smallest absolute Gasteiger partial charge is 0.0715 e. The summed E-state index contributed by atoms with van der Waals surface area (Å²) in [4.78, 5) is 21.1. The van der Waals surface area contributed by atoms with E-state index >= 15 is 0 Å². The monoisotopic (exact) mass is 1320 g/mol. The first-order chi connectivity index (χ1) is 51.5. The second kappa shape index (κ2) is 26.3. The summed E-state index contributed by atoms with van der Waals surface area (Å²) in [6, 6.07) is 139. The highest BCUT2D eigenvalue weighted by atomic mass is 15.0. The molecular formula is C98H64N6. The average molecular weight is 1330 g/mol. The van der Waals surface area contributed by atoms with Crippen LogP contribution in [-0.2, 0) is 0 Å². The molecule has 19 aromatic rings. The van der Waals surface area contributed by atoms with Crippen molar-refractivity contribution in [3.8, 4) is 146 Å². The van der Waals surface area contributed by atoms with Crippen LogP contribution in [0.15, 0.2) is 388 Å². The number of aromatic nitrogens is 6. The summed E-state index contributed by atoms with van der Waals surface area (Å²) in [5.41, 5.74) is 31.1. The molecule has 0 fully saturated rings. The van der Waals surface area contributed by atoms with Gasteiger partial charge in [-0.1, -0.05) is 267 Å². The third kappa shape index (κ3) is 11.6. The summed E-state index contributed by atoms with van der Waals surface area (Å²) in [6.07, 6.45) is 0. The van der Waals surface area contributed by atoms with Crippen LogP contribution < -0.4 is 0 Å². The highest BCUT2D eigenvalue weighted by Crippen LogP contribution is 2.44. The Hall–Kier alpha value is -13.9. The van der Waals surface area contributed by atoms with Crippen LogP contribution in [0.5, 0.6) is 0 Å². The van der Waals surface area contributed by atoms with Crippen LogP contribution in [0, 0.1) is 0 Å². The molecule has 0 aliphatic heterocycles. The average Bonchev–Trinajstić information content (AvgIpc) is 1.58. The van der Waals surface area contributed by atoms with Crippen molar-refractivity contribution in [3.63, 3.8) is 0 Å². The van der Waals surface area contributed by atoms with E-state index in [1.54, 1.807) is 0 Å². The van der Waals surface area contributed by atoms with Crippen LogP contribution in [-0.4, -0.2) is 29.1 Å². The van der Waals surface area contributed by atoms with Crippen molar-refractivity contribution in [1.82, 2.24) is 29.1 Å². The Morgan fingerprint density at radius 3 is 0.462 bits per heavy atom. The van der Waals surface area contributed by atoms with Gasteiger partial charge < -0.3 is 9.13 Å². The first-order valence-corrected chi connectivity index (χ1v) is 35.3. The van der Waals surface area contributed by atoms with Gasteiger partial charge in [-0.15, -0.1) is 0 Å². The molecule has 6 heteroatoms. The molecule has 0 unspecified atom stereocenters. The minimum atomic E-state index is 0.921. The molecule has 0 aliphatic carbocycles. The van der Waals surface area contributed by atoms with Gasteiger partial charge in [-0.3, -0.25) is 0 Å². The molecule has 486 valence electrons. The van der Waals surface area contributed by atoms with E-state index in [1.165, 1.54) is 0 Å². The fourth-order valence-corrected chi connectivity index (χ4v) is 14.9. The molecule has 0 radical (unpaired) electrons. The SMILES string of the molecule is c1ccc(-c2cc(-c3ccc4c(c3)c3cc(-c5cc(-c6ccccc6)nc(-c6ccccc6)c5)ccc3n4-c3ccc(-n4c5ccc(-c6cc(-c7ccccc7)nc(-c7ccccc7)c6)cc5c5cc(-c6cc(-c7ccccc7)nc(-c7ccccc7)c6)ccc54)cc3)cc(-c3ccccc3)n2)cc1. The molecule has 0 N–H and O–H groups in total. The zero-order valence-corrected chi connectivity index (χ0v) is 56.6. The maximum Gasteiger partial charge on any atom is 0.0715 e.